The average Bonchev–Trinajstić information content (AvgIpc) is 3.32. The Morgan fingerprint density at radius 2 is 1.82 bits per heavy atom. The second-order valence-corrected chi connectivity index (χ2v) is 9.00. The molecule has 2 atom stereocenters. The van der Waals surface area contributed by atoms with Crippen LogP contribution < -0.4 is 14.7 Å². The number of ketones is 1. The second kappa shape index (κ2) is 9.30. The molecule has 1 saturated heterocycles. The van der Waals surface area contributed by atoms with Crippen LogP contribution in [0.4, 0.5) is 0 Å². The lowest BCUT2D eigenvalue weighted by Gasteiger charge is -2.28. The van der Waals surface area contributed by atoms with E-state index in [1.165, 1.54) is 12.0 Å². The molecule has 34 heavy (non-hydrogen) atoms. The van der Waals surface area contributed by atoms with Crippen LogP contribution in [0, 0.1) is 0 Å². The normalized spacial score (nSPS) is 21.0. The van der Waals surface area contributed by atoms with Gasteiger partial charge in [0.2, 0.25) is 5.78 Å². The number of nitrogens with one attached hydrogen (secondary N) is 1. The summed E-state index contributed by atoms with van der Waals surface area (Å²) in [6, 6.07) is 10.7. The molecule has 4 rings (SSSR count). The number of amides is 1. The van der Waals surface area contributed by atoms with Crippen LogP contribution in [0.3, 0.4) is 0 Å². The lowest BCUT2D eigenvalue weighted by Crippen LogP contribution is -3.06. The summed E-state index contributed by atoms with van der Waals surface area (Å²) >= 11 is 0. The molecule has 1 N–H and O–H groups in total. The van der Waals surface area contributed by atoms with E-state index in [2.05, 4.69) is 0 Å². The van der Waals surface area contributed by atoms with Gasteiger partial charge < -0.3 is 24.4 Å². The number of benzene rings is 2. The van der Waals surface area contributed by atoms with E-state index >= 15 is 0 Å². The van der Waals surface area contributed by atoms with Gasteiger partial charge in [0.1, 0.15) is 11.9 Å². The fourth-order valence-corrected chi connectivity index (χ4v) is 4.43. The number of Topliss-reactive ketones (excluding diaryl/α,β-unsaturated/α-hetero) is 1. The highest BCUT2D eigenvalue weighted by Crippen LogP contribution is 2.39. The van der Waals surface area contributed by atoms with E-state index in [4.69, 9.17) is 9.47 Å². The van der Waals surface area contributed by atoms with Crippen LogP contribution in [0.15, 0.2) is 48.0 Å². The van der Waals surface area contributed by atoms with Gasteiger partial charge in [0, 0.05) is 12.0 Å². The van der Waals surface area contributed by atoms with Gasteiger partial charge in [0.05, 0.1) is 45.9 Å². The molecular formula is C26H28N2O6. The molecule has 0 bridgehead atoms. The van der Waals surface area contributed by atoms with Gasteiger partial charge in [-0.25, -0.2) is 4.79 Å². The van der Waals surface area contributed by atoms with Crippen LogP contribution in [-0.4, -0.2) is 63.0 Å². The third-order valence-electron chi connectivity index (χ3n) is 6.19. The molecule has 1 fully saturated rings. The summed E-state index contributed by atoms with van der Waals surface area (Å²) in [5, 5.41) is 13.6. The van der Waals surface area contributed by atoms with Gasteiger partial charge in [-0.15, -0.1) is 0 Å². The zero-order valence-electron chi connectivity index (χ0n) is 19.7. The van der Waals surface area contributed by atoms with Crippen molar-refractivity contribution in [2.45, 2.75) is 25.5 Å². The van der Waals surface area contributed by atoms with Crippen molar-refractivity contribution < 1.29 is 33.9 Å². The molecule has 8 heteroatoms. The number of rotatable bonds is 6. The summed E-state index contributed by atoms with van der Waals surface area (Å²) in [6.45, 7) is 2.86. The molecule has 0 radical (unpaired) electrons. The van der Waals surface area contributed by atoms with Gasteiger partial charge in [0.25, 0.3) is 5.91 Å². The van der Waals surface area contributed by atoms with Gasteiger partial charge in [-0.3, -0.25) is 9.59 Å². The Balaban J connectivity index is 1.80. The molecule has 178 valence electrons. The number of carbonyl (C=O) groups excluding carboxylic acids is 3. The first kappa shape index (κ1) is 23.5. The number of hydrogen-bond donors (Lipinski definition) is 1. The Bertz CT molecular complexity index is 1170. The quantitative estimate of drug-likeness (QED) is 0.283. The van der Waals surface area contributed by atoms with Crippen LogP contribution in [0.5, 0.6) is 5.75 Å². The third kappa shape index (κ3) is 4.28. The van der Waals surface area contributed by atoms with Crippen LogP contribution in [0.1, 0.15) is 40.0 Å². The van der Waals surface area contributed by atoms with Crippen molar-refractivity contribution in [3.63, 3.8) is 0 Å². The lowest BCUT2D eigenvalue weighted by atomic mass is 9.94. The first-order chi connectivity index (χ1) is 16.2. The molecule has 2 heterocycles. The second-order valence-electron chi connectivity index (χ2n) is 9.00. The van der Waals surface area contributed by atoms with Crippen molar-refractivity contribution in [3.8, 4) is 5.75 Å². The maximum Gasteiger partial charge on any atom is 0.337 e. The number of likely N-dealkylation sites (N-methyl/N-ethyl adjacent to an activating group) is 1. The molecule has 0 aromatic heterocycles. The fourth-order valence-electron chi connectivity index (χ4n) is 4.43. The zero-order chi connectivity index (χ0) is 24.6. The van der Waals surface area contributed by atoms with Gasteiger partial charge in [-0.1, -0.05) is 24.0 Å². The first-order valence-corrected chi connectivity index (χ1v) is 11.2. The number of likely N-dealkylation sites (tertiary alicyclic amines) is 1. The van der Waals surface area contributed by atoms with Crippen molar-refractivity contribution in [3.05, 3.63) is 70.3 Å². The maximum absolute atomic E-state index is 13.6. The molecule has 0 spiro atoms. The average molecular weight is 465 g/mol. The van der Waals surface area contributed by atoms with Crippen LogP contribution >= 0.6 is 0 Å². The van der Waals surface area contributed by atoms with Crippen LogP contribution in [0.25, 0.3) is 5.76 Å². The molecule has 2 aromatic carbocycles. The highest BCUT2D eigenvalue weighted by Gasteiger charge is 2.44. The fraction of sp³-hybridized carbons (Fsp3) is 0.346. The third-order valence-corrected chi connectivity index (χ3v) is 6.19. The molecule has 2 unspecified atom stereocenters. The van der Waals surface area contributed by atoms with E-state index in [-0.39, 0.29) is 11.7 Å². The van der Waals surface area contributed by atoms with Crippen molar-refractivity contribution >= 4 is 23.4 Å². The predicted molar refractivity (Wildman–Crippen MR) is 122 cm³/mol. The number of methoxy groups -OCH3 is 1. The molecule has 2 aliphatic heterocycles. The van der Waals surface area contributed by atoms with Gasteiger partial charge >= 0.3 is 5.97 Å². The number of ether oxygens (including phenoxy) is 2. The van der Waals surface area contributed by atoms with E-state index in [1.807, 2.05) is 21.0 Å². The van der Waals surface area contributed by atoms with E-state index in [0.717, 1.165) is 16.2 Å². The molecular weight excluding hydrogens is 436 g/mol. The molecule has 0 saturated carbocycles. The number of fused-ring (bicyclic) bond motifs is 1. The Hall–Kier alpha value is -3.65. The number of esters is 1. The smallest absolute Gasteiger partial charge is 0.337 e. The molecule has 0 aliphatic carbocycles. The topological polar surface area (TPSA) is 100 Å². The highest BCUT2D eigenvalue weighted by molar-refractivity contribution is 6.46. The number of carbonyl (C=O) groups is 3. The van der Waals surface area contributed by atoms with Gasteiger partial charge in [0.15, 0.2) is 0 Å². The maximum atomic E-state index is 13.6. The van der Waals surface area contributed by atoms with Gasteiger partial charge in [-0.05, 0) is 47.9 Å². The van der Waals surface area contributed by atoms with Gasteiger partial charge in [-0.2, -0.15) is 0 Å². The van der Waals surface area contributed by atoms with E-state index in [9.17, 15) is 19.5 Å². The Morgan fingerprint density at radius 3 is 2.47 bits per heavy atom. The summed E-state index contributed by atoms with van der Waals surface area (Å²) in [6.07, 6.45) is 0.697. The summed E-state index contributed by atoms with van der Waals surface area (Å²) in [5.41, 5.74) is 2.11. The standard InChI is InChI=1S/C26H28N2O6/c1-15-13-19-14-18(9-10-20(19)34-15)23(29)21-22(16-5-7-17(8-6-16)26(32)33-4)28(12-11-27(2)3)25(31)24(21)30/h5-10,14-15,22,29H,11-13H2,1-4H3. The van der Waals surface area contributed by atoms with Crippen molar-refractivity contribution in [1.29, 1.82) is 0 Å². The molecule has 2 aliphatic rings. The predicted octanol–water partition coefficient (Wildman–Crippen LogP) is 0.165. The molecule has 2 aromatic rings. The van der Waals surface area contributed by atoms with Crippen molar-refractivity contribution in [2.24, 2.45) is 0 Å². The molecule has 8 nitrogen and oxygen atoms in total. The summed E-state index contributed by atoms with van der Waals surface area (Å²) < 4.78 is 10.5. The minimum Gasteiger partial charge on any atom is -0.872 e. The number of nitrogens with zero attached hydrogens (tertiary/aromatic N) is 1. The lowest BCUT2D eigenvalue weighted by molar-refractivity contribution is -0.857. The Morgan fingerprint density at radius 1 is 1.15 bits per heavy atom. The highest BCUT2D eigenvalue weighted by atomic mass is 16.5. The SMILES string of the molecule is COC(=O)c1ccc(C2C(=C([O-])c3ccc4c(c3)CC(C)O4)C(=O)C(=O)N2CC[NH+](C)C)cc1. The van der Waals surface area contributed by atoms with Crippen molar-refractivity contribution in [2.75, 3.05) is 34.3 Å². The van der Waals surface area contributed by atoms with E-state index in [1.54, 1.807) is 42.5 Å². The summed E-state index contributed by atoms with van der Waals surface area (Å²) in [7, 11) is 5.20. The van der Waals surface area contributed by atoms with Crippen LogP contribution in [0.2, 0.25) is 0 Å². The Kier molecular flexibility index (Phi) is 6.43. The number of hydrogen-bond acceptors (Lipinski definition) is 6. The van der Waals surface area contributed by atoms with Crippen LogP contribution in [-0.2, 0) is 20.7 Å². The minimum atomic E-state index is -0.832. The first-order valence-electron chi connectivity index (χ1n) is 11.2. The summed E-state index contributed by atoms with van der Waals surface area (Å²) in [5.74, 6) is -1.71. The summed E-state index contributed by atoms with van der Waals surface area (Å²) in [4.78, 5) is 40.5. The minimum absolute atomic E-state index is 0.0211. The van der Waals surface area contributed by atoms with E-state index < -0.39 is 29.5 Å². The zero-order valence-corrected chi connectivity index (χ0v) is 19.7. The molecule has 1 amide bonds. The number of quaternary nitrogens is 1. The monoisotopic (exact) mass is 464 g/mol. The van der Waals surface area contributed by atoms with Crippen molar-refractivity contribution in [1.82, 2.24) is 4.90 Å². The largest absolute Gasteiger partial charge is 0.872 e. The van der Waals surface area contributed by atoms with E-state index in [0.29, 0.717) is 36.2 Å². The Labute approximate surface area is 198 Å².